The highest BCUT2D eigenvalue weighted by Gasteiger charge is 2.03. The van der Waals surface area contributed by atoms with Crippen LogP contribution in [0.25, 0.3) is 22.3 Å². The zero-order chi connectivity index (χ0) is 27.3. The van der Waals surface area contributed by atoms with Crippen LogP contribution in [-0.2, 0) is 19.1 Å². The summed E-state index contributed by atoms with van der Waals surface area (Å²) < 4.78 is 21.0. The molecule has 0 unspecified atom stereocenters. The fourth-order valence-corrected chi connectivity index (χ4v) is 3.13. The Balaban J connectivity index is 1.49. The molecule has 0 bridgehead atoms. The summed E-state index contributed by atoms with van der Waals surface area (Å²) in [5, 5.41) is 0. The maximum Gasteiger partial charge on any atom is 0.337 e. The van der Waals surface area contributed by atoms with Crippen LogP contribution in [0.5, 0.6) is 11.5 Å². The third-order valence-electron chi connectivity index (χ3n) is 5.19. The maximum absolute atomic E-state index is 11.3. The molecule has 0 aliphatic carbocycles. The van der Waals surface area contributed by atoms with Gasteiger partial charge in [0.2, 0.25) is 0 Å². The van der Waals surface area contributed by atoms with E-state index >= 15 is 0 Å². The van der Waals surface area contributed by atoms with Crippen molar-refractivity contribution in [1.82, 2.24) is 0 Å². The van der Waals surface area contributed by atoms with Crippen molar-refractivity contribution in [2.24, 2.45) is 0 Å². The van der Waals surface area contributed by atoms with Crippen molar-refractivity contribution in [1.29, 1.82) is 0 Å². The van der Waals surface area contributed by atoms with Crippen molar-refractivity contribution in [2.75, 3.05) is 13.2 Å². The third kappa shape index (κ3) is 8.68. The molecule has 0 aromatic heterocycles. The predicted octanol–water partition coefficient (Wildman–Crippen LogP) is 7.04. The van der Waals surface area contributed by atoms with E-state index in [0.29, 0.717) is 22.6 Å². The standard InChI is InChI=1S/C32H30O6/c1-23(2)31(33)37-21-5-19-35-29-15-11-27(12-16-29)25-7-9-26(10-8-25)28-13-17-30(18-14-28)36-20-6-22-38-32(34)24(3)4/h5-18,21-22H,1,3,19-20H2,2,4H3/b21-5+,22-6+. The van der Waals surface area contributed by atoms with Gasteiger partial charge >= 0.3 is 11.9 Å². The molecule has 0 amide bonds. The van der Waals surface area contributed by atoms with Crippen LogP contribution in [0.3, 0.4) is 0 Å². The minimum atomic E-state index is -0.465. The molecule has 0 radical (unpaired) electrons. The van der Waals surface area contributed by atoms with Crippen LogP contribution in [0.2, 0.25) is 0 Å². The molecular weight excluding hydrogens is 480 g/mol. The molecule has 194 valence electrons. The summed E-state index contributed by atoms with van der Waals surface area (Å²) in [4.78, 5) is 22.6. The molecule has 3 aromatic carbocycles. The van der Waals surface area contributed by atoms with E-state index in [9.17, 15) is 9.59 Å². The van der Waals surface area contributed by atoms with E-state index in [1.165, 1.54) is 12.5 Å². The van der Waals surface area contributed by atoms with E-state index in [1.807, 2.05) is 48.5 Å². The number of esters is 2. The number of carbonyl (C=O) groups is 2. The highest BCUT2D eigenvalue weighted by Crippen LogP contribution is 2.27. The van der Waals surface area contributed by atoms with E-state index in [1.54, 1.807) is 26.0 Å². The number of benzene rings is 3. The van der Waals surface area contributed by atoms with Crippen molar-refractivity contribution in [3.8, 4) is 33.8 Å². The van der Waals surface area contributed by atoms with E-state index in [4.69, 9.17) is 18.9 Å². The second-order valence-corrected chi connectivity index (χ2v) is 8.36. The summed E-state index contributed by atoms with van der Waals surface area (Å²) in [6, 6.07) is 23.9. The summed E-state index contributed by atoms with van der Waals surface area (Å²) in [5.41, 5.74) is 5.00. The fourth-order valence-electron chi connectivity index (χ4n) is 3.13. The first-order chi connectivity index (χ1) is 18.3. The quantitative estimate of drug-likeness (QED) is 0.148. The molecule has 0 fully saturated rings. The Morgan fingerprint density at radius 2 is 0.868 bits per heavy atom. The van der Waals surface area contributed by atoms with Gasteiger partial charge in [-0.05, 0) is 72.5 Å². The van der Waals surface area contributed by atoms with Gasteiger partial charge in [0.25, 0.3) is 0 Å². The first-order valence-corrected chi connectivity index (χ1v) is 11.9. The lowest BCUT2D eigenvalue weighted by molar-refractivity contribution is -0.134. The van der Waals surface area contributed by atoms with Gasteiger partial charge in [-0.1, -0.05) is 61.7 Å². The summed E-state index contributed by atoms with van der Waals surface area (Å²) in [6.07, 6.45) is 5.84. The Morgan fingerprint density at radius 1 is 0.579 bits per heavy atom. The maximum atomic E-state index is 11.3. The molecule has 3 rings (SSSR count). The van der Waals surface area contributed by atoms with Crippen LogP contribution < -0.4 is 9.47 Å². The Morgan fingerprint density at radius 3 is 1.16 bits per heavy atom. The lowest BCUT2D eigenvalue weighted by Crippen LogP contribution is -2.00. The molecule has 6 nitrogen and oxygen atoms in total. The molecule has 3 aromatic rings. The van der Waals surface area contributed by atoms with Crippen LogP contribution in [0.1, 0.15) is 13.8 Å². The van der Waals surface area contributed by atoms with Crippen molar-refractivity contribution in [3.63, 3.8) is 0 Å². The van der Waals surface area contributed by atoms with E-state index < -0.39 is 11.9 Å². The molecule has 0 aliphatic rings. The van der Waals surface area contributed by atoms with Gasteiger partial charge in [-0.15, -0.1) is 0 Å². The third-order valence-corrected chi connectivity index (χ3v) is 5.19. The van der Waals surface area contributed by atoms with Crippen molar-refractivity contribution < 1.29 is 28.5 Å². The first-order valence-electron chi connectivity index (χ1n) is 11.9. The number of ether oxygens (including phenoxy) is 4. The zero-order valence-electron chi connectivity index (χ0n) is 21.5. The number of hydrogen-bond donors (Lipinski definition) is 0. The Bertz CT molecular complexity index is 1210. The molecule has 0 heterocycles. The number of rotatable bonds is 12. The average molecular weight is 511 g/mol. The van der Waals surface area contributed by atoms with Gasteiger partial charge in [0.1, 0.15) is 24.7 Å². The minimum absolute atomic E-state index is 0.281. The van der Waals surface area contributed by atoms with Crippen LogP contribution in [0, 0.1) is 0 Å². The van der Waals surface area contributed by atoms with Gasteiger partial charge in [-0.25, -0.2) is 9.59 Å². The monoisotopic (exact) mass is 510 g/mol. The summed E-state index contributed by atoms with van der Waals surface area (Å²) >= 11 is 0. The molecule has 6 heteroatoms. The van der Waals surface area contributed by atoms with E-state index in [0.717, 1.165) is 22.3 Å². The normalized spacial score (nSPS) is 10.8. The zero-order valence-corrected chi connectivity index (χ0v) is 21.5. The molecule has 0 spiro atoms. The van der Waals surface area contributed by atoms with Crippen LogP contribution in [0.15, 0.2) is 122 Å². The highest BCUT2D eigenvalue weighted by atomic mass is 16.5. The average Bonchev–Trinajstić information content (AvgIpc) is 2.93. The SMILES string of the molecule is C=C(C)C(=O)O/C=C/COc1ccc(-c2ccc(-c3ccc(OC/C=C/OC(=O)C(=C)C)cc3)cc2)cc1. The molecular formula is C32H30O6. The topological polar surface area (TPSA) is 71.1 Å². The fraction of sp³-hybridized carbons (Fsp3) is 0.125. The van der Waals surface area contributed by atoms with Crippen LogP contribution in [-0.4, -0.2) is 25.2 Å². The molecule has 0 atom stereocenters. The van der Waals surface area contributed by atoms with Gasteiger partial charge in [-0.3, -0.25) is 0 Å². The summed E-state index contributed by atoms with van der Waals surface area (Å²) in [5.74, 6) is 0.499. The molecule has 0 saturated heterocycles. The van der Waals surface area contributed by atoms with Gasteiger partial charge in [-0.2, -0.15) is 0 Å². The minimum Gasteiger partial charge on any atom is -0.489 e. The highest BCUT2D eigenvalue weighted by molar-refractivity contribution is 5.87. The lowest BCUT2D eigenvalue weighted by Gasteiger charge is -2.08. The number of carbonyl (C=O) groups excluding carboxylic acids is 2. The van der Waals surface area contributed by atoms with Crippen LogP contribution in [0.4, 0.5) is 0 Å². The van der Waals surface area contributed by atoms with Crippen LogP contribution >= 0.6 is 0 Å². The molecule has 38 heavy (non-hydrogen) atoms. The second kappa shape index (κ2) is 14.0. The molecule has 0 saturated carbocycles. The van der Waals surface area contributed by atoms with Gasteiger partial charge < -0.3 is 18.9 Å². The Kier molecular flexibility index (Phi) is 10.3. The largest absolute Gasteiger partial charge is 0.489 e. The smallest absolute Gasteiger partial charge is 0.337 e. The Labute approximate surface area is 223 Å². The Hall–Kier alpha value is -4.84. The summed E-state index contributed by atoms with van der Waals surface area (Å²) in [6.45, 7) is 10.8. The van der Waals surface area contributed by atoms with Crippen molar-refractivity contribution in [2.45, 2.75) is 13.8 Å². The van der Waals surface area contributed by atoms with Gasteiger partial charge in [0, 0.05) is 11.1 Å². The molecule has 0 N–H and O–H groups in total. The number of hydrogen-bond acceptors (Lipinski definition) is 6. The van der Waals surface area contributed by atoms with Gasteiger partial charge in [0.05, 0.1) is 12.5 Å². The van der Waals surface area contributed by atoms with Crippen molar-refractivity contribution in [3.05, 3.63) is 122 Å². The lowest BCUT2D eigenvalue weighted by atomic mass is 10.0. The predicted molar refractivity (Wildman–Crippen MR) is 148 cm³/mol. The first kappa shape index (κ1) is 27.7. The van der Waals surface area contributed by atoms with E-state index in [-0.39, 0.29) is 13.2 Å². The van der Waals surface area contributed by atoms with E-state index in [2.05, 4.69) is 37.4 Å². The second-order valence-electron chi connectivity index (χ2n) is 8.36. The molecule has 0 aliphatic heterocycles. The van der Waals surface area contributed by atoms with Crippen molar-refractivity contribution >= 4 is 11.9 Å². The summed E-state index contributed by atoms with van der Waals surface area (Å²) in [7, 11) is 0. The van der Waals surface area contributed by atoms with Gasteiger partial charge in [0.15, 0.2) is 0 Å².